The second-order valence-electron chi connectivity index (χ2n) is 6.47. The first kappa shape index (κ1) is 18.2. The molecule has 0 aliphatic carbocycles. The van der Waals surface area contributed by atoms with E-state index in [-0.39, 0.29) is 12.7 Å². The monoisotopic (exact) mass is 399 g/mol. The number of aromatic nitrogens is 1. The maximum Gasteiger partial charge on any atom is 0.145 e. The van der Waals surface area contributed by atoms with Crippen molar-refractivity contribution < 1.29 is 9.84 Å². The van der Waals surface area contributed by atoms with E-state index < -0.39 is 0 Å². The lowest BCUT2D eigenvalue weighted by Gasteiger charge is -2.26. The topological polar surface area (TPSA) is 78.2 Å². The number of nitrogens with zero attached hydrogens (tertiary/aromatic N) is 2. The number of pyridine rings is 1. The van der Waals surface area contributed by atoms with Crippen LogP contribution in [0.15, 0.2) is 30.5 Å². The van der Waals surface area contributed by atoms with Crippen LogP contribution >= 0.6 is 22.9 Å². The Bertz CT molecular complexity index is 1020. The van der Waals surface area contributed by atoms with Gasteiger partial charge in [0, 0.05) is 33.8 Å². The summed E-state index contributed by atoms with van der Waals surface area (Å²) < 4.78 is 7.23. The second-order valence-corrected chi connectivity index (χ2v) is 8.04. The molecule has 0 radical (unpaired) electrons. The molecule has 0 amide bonds. The summed E-state index contributed by atoms with van der Waals surface area (Å²) >= 11 is 7.79. The van der Waals surface area contributed by atoms with Crippen LogP contribution in [-0.4, -0.2) is 29.3 Å². The van der Waals surface area contributed by atoms with Gasteiger partial charge in [0.15, 0.2) is 0 Å². The van der Waals surface area contributed by atoms with Crippen molar-refractivity contribution >= 4 is 33.2 Å². The average Bonchev–Trinajstić information content (AvgIpc) is 3.13. The zero-order valence-electron chi connectivity index (χ0n) is 14.5. The molecule has 7 heteroatoms. The number of benzene rings is 1. The van der Waals surface area contributed by atoms with Gasteiger partial charge < -0.3 is 15.2 Å². The smallest absolute Gasteiger partial charge is 0.145 e. The van der Waals surface area contributed by atoms with Crippen LogP contribution in [0.2, 0.25) is 5.02 Å². The summed E-state index contributed by atoms with van der Waals surface area (Å²) in [6.07, 6.45) is 3.73. The van der Waals surface area contributed by atoms with E-state index in [0.717, 1.165) is 52.2 Å². The van der Waals surface area contributed by atoms with Gasteiger partial charge >= 0.3 is 0 Å². The fourth-order valence-electron chi connectivity index (χ4n) is 3.37. The third kappa shape index (κ3) is 3.64. The molecule has 138 valence electrons. The van der Waals surface area contributed by atoms with Crippen LogP contribution in [0.4, 0.5) is 0 Å². The molecular weight excluding hydrogens is 382 g/mol. The van der Waals surface area contributed by atoms with E-state index in [4.69, 9.17) is 16.3 Å². The molecule has 27 heavy (non-hydrogen) atoms. The molecule has 1 aliphatic rings. The number of thiophene rings is 1. The molecule has 1 aromatic carbocycles. The maximum absolute atomic E-state index is 9.65. The summed E-state index contributed by atoms with van der Waals surface area (Å²) in [5.41, 5.74) is 2.92. The zero-order valence-corrected chi connectivity index (χ0v) is 16.1. The van der Waals surface area contributed by atoms with Gasteiger partial charge in [0.1, 0.15) is 17.9 Å². The normalized spacial score (nSPS) is 17.0. The number of hydrogen-bond donors (Lipinski definition) is 2. The number of fused-ring (bicyclic) bond motifs is 1. The first-order chi connectivity index (χ1) is 13.2. The van der Waals surface area contributed by atoms with Crippen LogP contribution in [0.1, 0.15) is 23.3 Å². The van der Waals surface area contributed by atoms with Gasteiger partial charge in [-0.2, -0.15) is 5.26 Å². The van der Waals surface area contributed by atoms with Gasteiger partial charge in [-0.3, -0.25) is 4.98 Å². The highest BCUT2D eigenvalue weighted by atomic mass is 35.5. The highest BCUT2D eigenvalue weighted by molar-refractivity contribution is 7.19. The van der Waals surface area contributed by atoms with Gasteiger partial charge in [-0.25, -0.2) is 0 Å². The number of nitriles is 1. The molecule has 0 spiro atoms. The van der Waals surface area contributed by atoms with Gasteiger partial charge in [-0.15, -0.1) is 11.3 Å². The van der Waals surface area contributed by atoms with Crippen molar-refractivity contribution in [2.24, 2.45) is 0 Å². The Kier molecular flexibility index (Phi) is 5.28. The molecule has 1 atom stereocenters. The summed E-state index contributed by atoms with van der Waals surface area (Å²) in [6, 6.07) is 9.48. The molecule has 2 N–H and O–H groups in total. The summed E-state index contributed by atoms with van der Waals surface area (Å²) in [4.78, 5) is 5.24. The molecule has 3 aromatic rings. The molecule has 1 saturated heterocycles. The first-order valence-corrected chi connectivity index (χ1v) is 9.98. The van der Waals surface area contributed by atoms with Crippen molar-refractivity contribution in [3.05, 3.63) is 45.9 Å². The Morgan fingerprint density at radius 3 is 3.00 bits per heavy atom. The first-order valence-electron chi connectivity index (χ1n) is 8.79. The van der Waals surface area contributed by atoms with Gasteiger partial charge in [0.05, 0.1) is 22.4 Å². The van der Waals surface area contributed by atoms with E-state index in [9.17, 15) is 10.4 Å². The minimum atomic E-state index is -0.0312. The largest absolute Gasteiger partial charge is 0.487 e. The van der Waals surface area contributed by atoms with Crippen LogP contribution in [-0.2, 0) is 6.61 Å². The van der Waals surface area contributed by atoms with Gasteiger partial charge in [0.25, 0.3) is 0 Å². The van der Waals surface area contributed by atoms with Crippen molar-refractivity contribution in [2.75, 3.05) is 13.1 Å². The zero-order chi connectivity index (χ0) is 18.8. The predicted molar refractivity (Wildman–Crippen MR) is 107 cm³/mol. The van der Waals surface area contributed by atoms with Crippen molar-refractivity contribution in [3.8, 4) is 22.9 Å². The van der Waals surface area contributed by atoms with E-state index in [1.165, 1.54) is 11.3 Å². The summed E-state index contributed by atoms with van der Waals surface area (Å²) in [6.45, 7) is 1.71. The molecule has 2 aromatic heterocycles. The van der Waals surface area contributed by atoms with E-state index >= 15 is 0 Å². The standard InChI is InChI=1S/C20H18ClN3O2S/c21-13-6-12(9-22)19(26-14-2-1-4-23-10-14)17(7-13)16-3-5-24-18-8-15(11-25)27-20(16)18/h3,5-8,14,23,25H,1-2,4,10-11H2. The van der Waals surface area contributed by atoms with E-state index in [1.54, 1.807) is 12.3 Å². The van der Waals surface area contributed by atoms with Gasteiger partial charge in [-0.1, -0.05) is 11.6 Å². The second kappa shape index (κ2) is 7.83. The minimum Gasteiger partial charge on any atom is -0.487 e. The summed E-state index contributed by atoms with van der Waals surface area (Å²) in [7, 11) is 0. The Morgan fingerprint density at radius 2 is 2.26 bits per heavy atom. The molecule has 0 bridgehead atoms. The number of aliphatic hydroxyl groups is 1. The number of aliphatic hydroxyl groups excluding tert-OH is 1. The molecule has 1 unspecified atom stereocenters. The van der Waals surface area contributed by atoms with Crippen LogP contribution in [0.3, 0.4) is 0 Å². The Morgan fingerprint density at radius 1 is 1.37 bits per heavy atom. The molecule has 1 fully saturated rings. The molecule has 1 aliphatic heterocycles. The Balaban J connectivity index is 1.88. The predicted octanol–water partition coefficient (Wildman–Crippen LogP) is 4.11. The molecule has 5 nitrogen and oxygen atoms in total. The van der Waals surface area contributed by atoms with E-state index in [2.05, 4.69) is 16.4 Å². The minimum absolute atomic E-state index is 0.0134. The Hall–Kier alpha value is -2.17. The number of rotatable bonds is 4. The lowest BCUT2D eigenvalue weighted by atomic mass is 10.0. The lowest BCUT2D eigenvalue weighted by Crippen LogP contribution is -2.37. The van der Waals surface area contributed by atoms with E-state index in [1.807, 2.05) is 18.2 Å². The van der Waals surface area contributed by atoms with Crippen LogP contribution in [0.5, 0.6) is 5.75 Å². The SMILES string of the molecule is N#Cc1cc(Cl)cc(-c2ccnc3cc(CO)sc23)c1OC1CCCNC1. The number of ether oxygens (including phenoxy) is 1. The average molecular weight is 400 g/mol. The van der Waals surface area contributed by atoms with Crippen LogP contribution < -0.4 is 10.1 Å². The van der Waals surface area contributed by atoms with E-state index in [0.29, 0.717) is 16.3 Å². The lowest BCUT2D eigenvalue weighted by molar-refractivity contribution is 0.167. The number of piperidine rings is 1. The summed E-state index contributed by atoms with van der Waals surface area (Å²) in [5.74, 6) is 0.557. The van der Waals surface area contributed by atoms with Gasteiger partial charge in [0.2, 0.25) is 0 Å². The van der Waals surface area contributed by atoms with Crippen molar-refractivity contribution in [2.45, 2.75) is 25.6 Å². The molecular formula is C20H18ClN3O2S. The van der Waals surface area contributed by atoms with Crippen LogP contribution in [0, 0.1) is 11.3 Å². The fraction of sp³-hybridized carbons (Fsp3) is 0.300. The van der Waals surface area contributed by atoms with Crippen molar-refractivity contribution in [1.29, 1.82) is 5.26 Å². The quantitative estimate of drug-likeness (QED) is 0.690. The number of nitrogens with one attached hydrogen (secondary N) is 1. The van der Waals surface area contributed by atoms with Crippen molar-refractivity contribution in [3.63, 3.8) is 0 Å². The molecule has 3 heterocycles. The van der Waals surface area contributed by atoms with Crippen molar-refractivity contribution in [1.82, 2.24) is 10.3 Å². The highest BCUT2D eigenvalue weighted by Gasteiger charge is 2.22. The molecule has 4 rings (SSSR count). The number of hydrogen-bond acceptors (Lipinski definition) is 6. The Labute approximate surface area is 166 Å². The number of halogens is 1. The maximum atomic E-state index is 9.65. The molecule has 0 saturated carbocycles. The highest BCUT2D eigenvalue weighted by Crippen LogP contribution is 2.42. The van der Waals surface area contributed by atoms with Crippen LogP contribution in [0.25, 0.3) is 21.3 Å². The van der Waals surface area contributed by atoms with Gasteiger partial charge in [-0.05, 0) is 43.7 Å². The third-order valence-corrected chi connectivity index (χ3v) is 5.98. The summed E-state index contributed by atoms with van der Waals surface area (Å²) in [5, 5.41) is 23.0. The third-order valence-electron chi connectivity index (χ3n) is 4.62. The fourth-order valence-corrected chi connectivity index (χ4v) is 4.59.